The van der Waals surface area contributed by atoms with Crippen molar-refractivity contribution >= 4 is 45.4 Å². The summed E-state index contributed by atoms with van der Waals surface area (Å²) in [5.41, 5.74) is 0.673. The van der Waals surface area contributed by atoms with Crippen LogP contribution in [0.5, 0.6) is 11.6 Å². The number of rotatable bonds is 11. The number of anilines is 1. The van der Waals surface area contributed by atoms with Crippen molar-refractivity contribution < 1.29 is 36.2 Å². The summed E-state index contributed by atoms with van der Waals surface area (Å²) in [6.45, 7) is 4.88. The van der Waals surface area contributed by atoms with Crippen molar-refractivity contribution in [2.75, 3.05) is 24.6 Å². The topological polar surface area (TPSA) is 100.0 Å². The second-order valence-corrected chi connectivity index (χ2v) is 11.9. The molecule has 4 rings (SSSR count). The standard InChI is InChI=1S/C29H32ClF2N3O6S/c1-5-34-18-26(28(33-34)40-6-2)42(37,38)35-17-20(12-15-27(36)39-4)41-25-14-11-19(16-24(25)35)10-13-21-22(29(3,31)32)8-7-9-23(21)30/h7-11,13-14,16,18,20H,5-6,12,15,17H2,1-4H3/b13-10+/t20-/m0/s1. The molecule has 3 aromatic rings. The third-order valence-electron chi connectivity index (χ3n) is 6.65. The van der Waals surface area contributed by atoms with E-state index in [2.05, 4.69) is 5.10 Å². The first-order valence-electron chi connectivity index (χ1n) is 13.3. The van der Waals surface area contributed by atoms with Gasteiger partial charge in [-0.3, -0.25) is 13.8 Å². The average molecular weight is 624 g/mol. The Labute approximate surface area is 248 Å². The van der Waals surface area contributed by atoms with Crippen molar-refractivity contribution in [3.05, 3.63) is 64.3 Å². The Morgan fingerprint density at radius 2 is 2.00 bits per heavy atom. The number of methoxy groups -OCH3 is 1. The van der Waals surface area contributed by atoms with Crippen LogP contribution in [0.15, 0.2) is 47.5 Å². The highest BCUT2D eigenvalue weighted by Gasteiger charge is 2.38. The molecule has 0 fully saturated rings. The van der Waals surface area contributed by atoms with Crippen LogP contribution >= 0.6 is 11.6 Å². The number of fused-ring (bicyclic) bond motifs is 1. The lowest BCUT2D eigenvalue weighted by atomic mass is 10.0. The number of esters is 1. The molecule has 0 amide bonds. The smallest absolute Gasteiger partial charge is 0.305 e. The van der Waals surface area contributed by atoms with Crippen LogP contribution < -0.4 is 13.8 Å². The summed E-state index contributed by atoms with van der Waals surface area (Å²) in [7, 11) is -2.95. The molecule has 1 aliphatic heterocycles. The second-order valence-electron chi connectivity index (χ2n) is 9.63. The fraction of sp³-hybridized carbons (Fsp3) is 0.379. The predicted octanol–water partition coefficient (Wildman–Crippen LogP) is 6.15. The Morgan fingerprint density at radius 3 is 2.67 bits per heavy atom. The van der Waals surface area contributed by atoms with Gasteiger partial charge in [-0.05, 0) is 44.0 Å². The number of aryl methyl sites for hydroxylation is 1. The van der Waals surface area contributed by atoms with E-state index in [-0.39, 0.29) is 64.4 Å². The molecule has 0 spiro atoms. The van der Waals surface area contributed by atoms with Gasteiger partial charge in [0.05, 0.1) is 25.9 Å². The molecule has 0 bridgehead atoms. The molecule has 2 heterocycles. The minimum Gasteiger partial charge on any atom is -0.486 e. The Bertz CT molecular complexity index is 1590. The minimum absolute atomic E-state index is 0.0266. The van der Waals surface area contributed by atoms with E-state index < -0.39 is 28.0 Å². The third-order valence-corrected chi connectivity index (χ3v) is 8.74. The van der Waals surface area contributed by atoms with Gasteiger partial charge in [-0.15, -0.1) is 5.10 Å². The van der Waals surface area contributed by atoms with Gasteiger partial charge < -0.3 is 14.2 Å². The van der Waals surface area contributed by atoms with Crippen molar-refractivity contribution in [3.63, 3.8) is 0 Å². The number of aromatic nitrogens is 2. The lowest BCUT2D eigenvalue weighted by Gasteiger charge is -2.35. The van der Waals surface area contributed by atoms with E-state index in [0.717, 1.165) is 6.92 Å². The molecule has 0 unspecified atom stereocenters. The lowest BCUT2D eigenvalue weighted by molar-refractivity contribution is -0.141. The number of ether oxygens (including phenoxy) is 3. The van der Waals surface area contributed by atoms with Crippen LogP contribution in [0.1, 0.15) is 50.3 Å². The van der Waals surface area contributed by atoms with E-state index in [1.807, 2.05) is 6.92 Å². The van der Waals surface area contributed by atoms with Gasteiger partial charge in [0.15, 0.2) is 4.90 Å². The quantitative estimate of drug-likeness (QED) is 0.187. The summed E-state index contributed by atoms with van der Waals surface area (Å²) in [4.78, 5) is 11.7. The summed E-state index contributed by atoms with van der Waals surface area (Å²) in [5.74, 6) is -3.32. The number of nitrogens with zero attached hydrogens (tertiary/aromatic N) is 3. The molecular formula is C29H32ClF2N3O6S. The first kappa shape index (κ1) is 31.3. The van der Waals surface area contributed by atoms with Gasteiger partial charge in [0.1, 0.15) is 11.9 Å². The molecule has 226 valence electrons. The summed E-state index contributed by atoms with van der Waals surface area (Å²) < 4.78 is 75.8. The Balaban J connectivity index is 1.78. The van der Waals surface area contributed by atoms with Crippen LogP contribution in [-0.2, 0) is 32.0 Å². The number of alkyl halides is 2. The zero-order chi connectivity index (χ0) is 30.7. The molecule has 1 aromatic heterocycles. The molecular weight excluding hydrogens is 592 g/mol. The van der Waals surface area contributed by atoms with E-state index >= 15 is 0 Å². The molecule has 9 nitrogen and oxygen atoms in total. The molecule has 0 saturated carbocycles. The van der Waals surface area contributed by atoms with Crippen LogP contribution in [0.25, 0.3) is 12.2 Å². The molecule has 42 heavy (non-hydrogen) atoms. The van der Waals surface area contributed by atoms with Crippen LogP contribution in [0.3, 0.4) is 0 Å². The average Bonchev–Trinajstić information content (AvgIpc) is 3.38. The van der Waals surface area contributed by atoms with Gasteiger partial charge in [-0.25, -0.2) is 17.2 Å². The molecule has 0 aliphatic carbocycles. The first-order chi connectivity index (χ1) is 19.9. The van der Waals surface area contributed by atoms with Crippen LogP contribution in [0.4, 0.5) is 14.5 Å². The number of carbonyl (C=O) groups excluding carboxylic acids is 1. The molecule has 1 atom stereocenters. The van der Waals surface area contributed by atoms with Gasteiger partial charge in [0.2, 0.25) is 0 Å². The van der Waals surface area contributed by atoms with Gasteiger partial charge >= 0.3 is 5.97 Å². The Hall–Kier alpha value is -3.64. The molecule has 1 aliphatic rings. The summed E-state index contributed by atoms with van der Waals surface area (Å²) >= 11 is 6.26. The third kappa shape index (κ3) is 6.70. The van der Waals surface area contributed by atoms with Crippen LogP contribution in [0.2, 0.25) is 5.02 Å². The summed E-state index contributed by atoms with van der Waals surface area (Å²) in [5, 5.41) is 4.41. The number of hydrogen-bond donors (Lipinski definition) is 0. The predicted molar refractivity (Wildman–Crippen MR) is 156 cm³/mol. The van der Waals surface area contributed by atoms with Crippen LogP contribution in [-0.4, -0.2) is 50.5 Å². The van der Waals surface area contributed by atoms with E-state index in [4.69, 9.17) is 25.8 Å². The second kappa shape index (κ2) is 12.7. The van der Waals surface area contributed by atoms with Crippen molar-refractivity contribution in [3.8, 4) is 11.6 Å². The maximum Gasteiger partial charge on any atom is 0.305 e. The van der Waals surface area contributed by atoms with Gasteiger partial charge in [-0.1, -0.05) is 42.0 Å². The van der Waals surface area contributed by atoms with E-state index in [1.165, 1.54) is 46.6 Å². The van der Waals surface area contributed by atoms with Crippen LogP contribution in [0, 0.1) is 0 Å². The lowest BCUT2D eigenvalue weighted by Crippen LogP contribution is -2.43. The SMILES string of the molecule is CCOc1nn(CC)cc1S(=O)(=O)N1C[C@H](CCC(=O)OC)Oc2ccc(/C=C/c3c(Cl)cccc3C(C)(F)F)cc21. The van der Waals surface area contributed by atoms with E-state index in [9.17, 15) is 22.0 Å². The van der Waals surface area contributed by atoms with E-state index in [1.54, 1.807) is 31.2 Å². The maximum absolute atomic E-state index is 14.2. The normalized spacial score (nSPS) is 15.4. The maximum atomic E-state index is 14.2. The first-order valence-corrected chi connectivity index (χ1v) is 15.2. The monoisotopic (exact) mass is 623 g/mol. The highest BCUT2D eigenvalue weighted by atomic mass is 35.5. The fourth-order valence-corrected chi connectivity index (χ4v) is 6.35. The van der Waals surface area contributed by atoms with Crippen molar-refractivity contribution in [2.24, 2.45) is 0 Å². The zero-order valence-electron chi connectivity index (χ0n) is 23.6. The number of sulfonamides is 1. The number of carbonyl (C=O) groups is 1. The number of halogens is 3. The Morgan fingerprint density at radius 1 is 1.24 bits per heavy atom. The number of hydrogen-bond acceptors (Lipinski definition) is 7. The number of benzene rings is 2. The molecule has 2 aromatic carbocycles. The molecule has 0 N–H and O–H groups in total. The van der Waals surface area contributed by atoms with Crippen molar-refractivity contribution in [1.29, 1.82) is 0 Å². The molecule has 13 heteroatoms. The largest absolute Gasteiger partial charge is 0.486 e. The van der Waals surface area contributed by atoms with Crippen molar-refractivity contribution in [1.82, 2.24) is 9.78 Å². The molecule has 0 saturated heterocycles. The zero-order valence-corrected chi connectivity index (χ0v) is 25.2. The van der Waals surface area contributed by atoms with Gasteiger partial charge in [0, 0.05) is 42.2 Å². The van der Waals surface area contributed by atoms with Gasteiger partial charge in [0.25, 0.3) is 21.8 Å². The van der Waals surface area contributed by atoms with Crippen molar-refractivity contribution in [2.45, 2.75) is 57.1 Å². The van der Waals surface area contributed by atoms with E-state index in [0.29, 0.717) is 12.1 Å². The van der Waals surface area contributed by atoms with Gasteiger partial charge in [-0.2, -0.15) is 0 Å². The highest BCUT2D eigenvalue weighted by molar-refractivity contribution is 7.93. The summed E-state index contributed by atoms with van der Waals surface area (Å²) in [6.07, 6.45) is 4.05. The minimum atomic E-state index is -4.23. The molecule has 0 radical (unpaired) electrons. The summed E-state index contributed by atoms with van der Waals surface area (Å²) in [6, 6.07) is 9.14. The fourth-order valence-electron chi connectivity index (χ4n) is 4.54. The Kier molecular flexibility index (Phi) is 9.47. The highest BCUT2D eigenvalue weighted by Crippen LogP contribution is 2.41.